The third-order valence-electron chi connectivity index (χ3n) is 4.05. The Kier molecular flexibility index (Phi) is 4.23. The van der Waals surface area contributed by atoms with E-state index in [1.54, 1.807) is 0 Å². The number of aryl methyl sites for hydroxylation is 2. The quantitative estimate of drug-likeness (QED) is 0.892. The van der Waals surface area contributed by atoms with Gasteiger partial charge < -0.3 is 9.88 Å². The molecule has 1 fully saturated rings. The van der Waals surface area contributed by atoms with Crippen LogP contribution in [0.5, 0.6) is 0 Å². The largest absolute Gasteiger partial charge is 0.315 e. The molecule has 1 N–H and O–H groups in total. The molecule has 1 aliphatic rings. The van der Waals surface area contributed by atoms with Crippen LogP contribution in [0.25, 0.3) is 0 Å². The van der Waals surface area contributed by atoms with Gasteiger partial charge in [-0.2, -0.15) is 0 Å². The molecule has 1 aliphatic carbocycles. The van der Waals surface area contributed by atoms with Gasteiger partial charge in [-0.25, -0.2) is 0 Å². The summed E-state index contributed by atoms with van der Waals surface area (Å²) in [6.07, 6.45) is 6.14. The van der Waals surface area contributed by atoms with Gasteiger partial charge in [-0.05, 0) is 45.4 Å². The van der Waals surface area contributed by atoms with Gasteiger partial charge in [0, 0.05) is 23.8 Å². The summed E-state index contributed by atoms with van der Waals surface area (Å²) in [6, 6.07) is 2.57. The van der Waals surface area contributed by atoms with Crippen molar-refractivity contribution in [1.29, 1.82) is 0 Å². The minimum Gasteiger partial charge on any atom is -0.315 e. The zero-order valence-electron chi connectivity index (χ0n) is 11.8. The fourth-order valence-corrected chi connectivity index (χ4v) is 3.13. The highest BCUT2D eigenvalue weighted by Gasteiger charge is 2.19. The Balaban J connectivity index is 2.45. The van der Waals surface area contributed by atoms with Gasteiger partial charge in [-0.15, -0.1) is 0 Å². The summed E-state index contributed by atoms with van der Waals surface area (Å²) in [7, 11) is 1.89. The summed E-state index contributed by atoms with van der Waals surface area (Å²) in [4.78, 5) is 12.6. The first-order chi connectivity index (χ1) is 8.65. The number of rotatable bonds is 3. The van der Waals surface area contributed by atoms with E-state index in [0.29, 0.717) is 12.6 Å². The van der Waals surface area contributed by atoms with Crippen molar-refractivity contribution < 1.29 is 0 Å². The average Bonchev–Trinajstić information content (AvgIpc) is 2.35. The highest BCUT2D eigenvalue weighted by atomic mass is 16.1. The Hall–Kier alpha value is -1.09. The minimum atomic E-state index is 0.216. The van der Waals surface area contributed by atoms with Crippen LogP contribution in [0.15, 0.2) is 10.9 Å². The average molecular weight is 248 g/mol. The second-order valence-corrected chi connectivity index (χ2v) is 5.44. The molecule has 0 aliphatic heterocycles. The van der Waals surface area contributed by atoms with E-state index in [9.17, 15) is 4.79 Å². The Bertz CT molecular complexity index is 470. The Morgan fingerprint density at radius 1 is 1.28 bits per heavy atom. The van der Waals surface area contributed by atoms with Gasteiger partial charge in [0.05, 0.1) is 0 Å². The number of nitrogens with one attached hydrogen (secondary N) is 1. The molecule has 2 rings (SSSR count). The molecule has 0 radical (unpaired) electrons. The van der Waals surface area contributed by atoms with Crippen molar-refractivity contribution in [3.63, 3.8) is 0 Å². The van der Waals surface area contributed by atoms with Crippen LogP contribution >= 0.6 is 0 Å². The Labute approximate surface area is 109 Å². The highest BCUT2D eigenvalue weighted by Crippen LogP contribution is 2.28. The monoisotopic (exact) mass is 248 g/mol. The van der Waals surface area contributed by atoms with Crippen LogP contribution in [0.3, 0.4) is 0 Å². The third-order valence-corrected chi connectivity index (χ3v) is 4.05. The lowest BCUT2D eigenvalue weighted by molar-refractivity contribution is 0.340. The van der Waals surface area contributed by atoms with Crippen molar-refractivity contribution >= 4 is 0 Å². The zero-order chi connectivity index (χ0) is 13.1. The molecule has 100 valence electrons. The summed E-state index contributed by atoms with van der Waals surface area (Å²) in [5, 5.41) is 3.10. The molecule has 0 bridgehead atoms. The maximum atomic E-state index is 12.6. The van der Waals surface area contributed by atoms with Crippen molar-refractivity contribution in [2.45, 2.75) is 58.5 Å². The lowest BCUT2D eigenvalue weighted by Gasteiger charge is -2.27. The van der Waals surface area contributed by atoms with Crippen molar-refractivity contribution in [1.82, 2.24) is 9.88 Å². The predicted molar refractivity (Wildman–Crippen MR) is 75.1 cm³/mol. The summed E-state index contributed by atoms with van der Waals surface area (Å²) >= 11 is 0. The first-order valence-corrected chi connectivity index (χ1v) is 7.01. The molecule has 1 aromatic rings. The molecule has 0 amide bonds. The zero-order valence-corrected chi connectivity index (χ0v) is 11.8. The molecule has 0 aromatic carbocycles. The fourth-order valence-electron chi connectivity index (χ4n) is 3.13. The summed E-state index contributed by atoms with van der Waals surface area (Å²) in [6.45, 7) is 4.76. The first kappa shape index (κ1) is 13.3. The summed E-state index contributed by atoms with van der Waals surface area (Å²) in [5.74, 6) is 0. The molecular formula is C15H24N2O. The van der Waals surface area contributed by atoms with Crippen LogP contribution < -0.4 is 10.9 Å². The van der Waals surface area contributed by atoms with Crippen molar-refractivity contribution in [2.75, 3.05) is 7.05 Å². The third kappa shape index (κ3) is 2.51. The van der Waals surface area contributed by atoms with Gasteiger partial charge >= 0.3 is 0 Å². The van der Waals surface area contributed by atoms with Gasteiger partial charge in [0.25, 0.3) is 5.56 Å². The highest BCUT2D eigenvalue weighted by molar-refractivity contribution is 5.26. The van der Waals surface area contributed by atoms with E-state index in [2.05, 4.69) is 18.3 Å². The Morgan fingerprint density at radius 3 is 2.56 bits per heavy atom. The normalized spacial score (nSPS) is 17.1. The molecule has 1 saturated carbocycles. The molecule has 18 heavy (non-hydrogen) atoms. The van der Waals surface area contributed by atoms with Crippen LogP contribution in [0.2, 0.25) is 0 Å². The predicted octanol–water partition coefficient (Wildman–Crippen LogP) is 2.69. The van der Waals surface area contributed by atoms with Crippen molar-refractivity contribution in [2.24, 2.45) is 0 Å². The van der Waals surface area contributed by atoms with Crippen LogP contribution in [0.4, 0.5) is 0 Å². The topological polar surface area (TPSA) is 34.0 Å². The fraction of sp³-hybridized carbons (Fsp3) is 0.667. The first-order valence-electron chi connectivity index (χ1n) is 7.01. The van der Waals surface area contributed by atoms with Gasteiger partial charge in [0.1, 0.15) is 0 Å². The van der Waals surface area contributed by atoms with E-state index in [0.717, 1.165) is 29.7 Å². The van der Waals surface area contributed by atoms with Gasteiger partial charge in [-0.1, -0.05) is 19.3 Å². The molecule has 1 aromatic heterocycles. The lowest BCUT2D eigenvalue weighted by Crippen LogP contribution is -2.32. The molecule has 0 atom stereocenters. The van der Waals surface area contributed by atoms with Crippen LogP contribution in [-0.4, -0.2) is 11.6 Å². The van der Waals surface area contributed by atoms with E-state index < -0.39 is 0 Å². The maximum absolute atomic E-state index is 12.6. The number of hydrogen-bond donors (Lipinski definition) is 1. The van der Waals surface area contributed by atoms with Gasteiger partial charge in [0.2, 0.25) is 0 Å². The molecule has 0 spiro atoms. The summed E-state index contributed by atoms with van der Waals surface area (Å²) < 4.78 is 2.04. The van der Waals surface area contributed by atoms with E-state index in [1.165, 1.54) is 19.3 Å². The molecule has 1 heterocycles. The maximum Gasteiger partial charge on any atom is 0.255 e. The van der Waals surface area contributed by atoms with Crippen LogP contribution in [0, 0.1) is 13.8 Å². The molecule has 3 nitrogen and oxygen atoms in total. The number of pyridine rings is 1. The molecular weight excluding hydrogens is 224 g/mol. The van der Waals surface area contributed by atoms with Crippen LogP contribution in [-0.2, 0) is 6.54 Å². The minimum absolute atomic E-state index is 0.216. The van der Waals surface area contributed by atoms with Crippen molar-refractivity contribution in [3.8, 4) is 0 Å². The van der Waals surface area contributed by atoms with E-state index in [4.69, 9.17) is 0 Å². The standard InChI is InChI=1S/C15H24N2O/c1-11-9-12(2)17(13-7-5-4-6-8-13)15(18)14(11)10-16-3/h9,13,16H,4-8,10H2,1-3H3. The molecule has 0 unspecified atom stereocenters. The SMILES string of the molecule is CNCc1c(C)cc(C)n(C2CCCCC2)c1=O. The van der Waals surface area contributed by atoms with Crippen LogP contribution in [0.1, 0.15) is 55.0 Å². The van der Waals surface area contributed by atoms with Gasteiger partial charge in [-0.3, -0.25) is 4.79 Å². The number of aromatic nitrogens is 1. The summed E-state index contributed by atoms with van der Waals surface area (Å²) in [5.41, 5.74) is 3.37. The van der Waals surface area contributed by atoms with Gasteiger partial charge in [0.15, 0.2) is 0 Å². The second kappa shape index (κ2) is 5.70. The van der Waals surface area contributed by atoms with E-state index in [-0.39, 0.29) is 5.56 Å². The molecule has 3 heteroatoms. The molecule has 0 saturated heterocycles. The van der Waals surface area contributed by atoms with Crippen molar-refractivity contribution in [3.05, 3.63) is 33.2 Å². The Morgan fingerprint density at radius 2 is 1.94 bits per heavy atom. The van der Waals surface area contributed by atoms with E-state index in [1.807, 2.05) is 18.5 Å². The number of nitrogens with zero attached hydrogens (tertiary/aromatic N) is 1. The smallest absolute Gasteiger partial charge is 0.255 e. The van der Waals surface area contributed by atoms with E-state index >= 15 is 0 Å². The number of hydrogen-bond acceptors (Lipinski definition) is 2. The second-order valence-electron chi connectivity index (χ2n) is 5.44. The lowest BCUT2D eigenvalue weighted by atomic mass is 9.94.